The van der Waals surface area contributed by atoms with E-state index in [0.29, 0.717) is 0 Å². The highest BCUT2D eigenvalue weighted by Crippen LogP contribution is 2.22. The van der Waals surface area contributed by atoms with Crippen LogP contribution in [0.25, 0.3) is 0 Å². The summed E-state index contributed by atoms with van der Waals surface area (Å²) in [6, 6.07) is 0. The molecule has 0 aromatic rings. The average molecular weight is 136 g/mol. The summed E-state index contributed by atoms with van der Waals surface area (Å²) in [5.41, 5.74) is 10.3. The number of hydrogen-bond donors (Lipinski definition) is 2. The summed E-state index contributed by atoms with van der Waals surface area (Å²) >= 11 is 0. The second-order valence-corrected chi connectivity index (χ2v) is 1.61. The van der Waals surface area contributed by atoms with E-state index < -0.39 is 5.85 Å². The maximum absolute atomic E-state index is 5.16. The summed E-state index contributed by atoms with van der Waals surface area (Å²) in [6.07, 6.45) is 0.0532. The van der Waals surface area contributed by atoms with Crippen molar-refractivity contribution in [3.8, 4) is 0 Å². The number of hydrogen-bond acceptors (Lipinski definition) is 3. The minimum absolute atomic E-state index is 0. The van der Waals surface area contributed by atoms with Crippen LogP contribution in [0, 0.1) is 0 Å². The maximum atomic E-state index is 5.16. The van der Waals surface area contributed by atoms with Gasteiger partial charge in [0.2, 0.25) is 0 Å². The van der Waals surface area contributed by atoms with Gasteiger partial charge in [0.1, 0.15) is 6.10 Å². The molecule has 1 unspecified atom stereocenters. The van der Waals surface area contributed by atoms with Crippen LogP contribution in [-0.4, -0.2) is 17.4 Å². The quantitative estimate of drug-likeness (QED) is 0.336. The smallest absolute Gasteiger partial charge is 0.197 e. The first-order chi connectivity index (χ1) is 3.63. The van der Waals surface area contributed by atoms with Crippen LogP contribution >= 0.6 is 0 Å². The molecule has 4 heteroatoms. The Morgan fingerprint density at radius 1 is 1.33 bits per heavy atom. The number of ether oxygens (including phenoxy) is 1. The fourth-order valence-corrected chi connectivity index (χ4v) is 0.272. The highest BCUT2D eigenvalue weighted by atomic mass is 16.6. The fourth-order valence-electron chi connectivity index (χ4n) is 0.272. The van der Waals surface area contributed by atoms with E-state index in [0.717, 1.165) is 0 Å². The SMILES string of the molecule is CC.CC1OC1(N)N.O. The number of epoxide rings is 1. The monoisotopic (exact) mass is 136 g/mol. The van der Waals surface area contributed by atoms with Gasteiger partial charge in [0.25, 0.3) is 0 Å². The lowest BCUT2D eigenvalue weighted by atomic mass is 10.4. The molecule has 1 aliphatic rings. The van der Waals surface area contributed by atoms with Gasteiger partial charge in [-0.25, -0.2) is 0 Å². The molecule has 1 aliphatic heterocycles. The zero-order valence-electron chi connectivity index (χ0n) is 6.14. The van der Waals surface area contributed by atoms with E-state index in [-0.39, 0.29) is 11.6 Å². The Morgan fingerprint density at radius 3 is 1.44 bits per heavy atom. The lowest BCUT2D eigenvalue weighted by Gasteiger charge is -1.87. The molecule has 1 fully saturated rings. The zero-order chi connectivity index (χ0) is 6.78. The largest absolute Gasteiger partial charge is 0.412 e. The summed E-state index contributed by atoms with van der Waals surface area (Å²) in [6.45, 7) is 5.83. The van der Waals surface area contributed by atoms with E-state index in [9.17, 15) is 0 Å². The van der Waals surface area contributed by atoms with Crippen molar-refractivity contribution in [3.63, 3.8) is 0 Å². The van der Waals surface area contributed by atoms with E-state index >= 15 is 0 Å². The Labute approximate surface area is 55.5 Å². The van der Waals surface area contributed by atoms with E-state index in [1.54, 1.807) is 0 Å². The standard InChI is InChI=1S/C3H8N2O.C2H6.H2O/c1-2-3(4,5)6-2;1-2;/h2H,4-5H2,1H3;1-2H3;1H2. The van der Waals surface area contributed by atoms with Crippen molar-refractivity contribution in [2.45, 2.75) is 32.7 Å². The topological polar surface area (TPSA) is 96.1 Å². The molecular weight excluding hydrogens is 120 g/mol. The van der Waals surface area contributed by atoms with Crippen LogP contribution in [0.2, 0.25) is 0 Å². The van der Waals surface area contributed by atoms with E-state index in [4.69, 9.17) is 11.5 Å². The van der Waals surface area contributed by atoms with Crippen molar-refractivity contribution in [2.24, 2.45) is 11.5 Å². The summed E-state index contributed by atoms with van der Waals surface area (Å²) in [5, 5.41) is 0. The number of nitrogens with two attached hydrogens (primary N) is 2. The molecule has 0 amide bonds. The molecule has 6 N–H and O–H groups in total. The van der Waals surface area contributed by atoms with Crippen molar-refractivity contribution in [1.82, 2.24) is 0 Å². The van der Waals surface area contributed by atoms with Crippen LogP contribution in [0.4, 0.5) is 0 Å². The predicted octanol–water partition coefficient (Wildman–Crippen LogP) is -0.822. The molecule has 0 aromatic carbocycles. The minimum atomic E-state index is -0.792. The summed E-state index contributed by atoms with van der Waals surface area (Å²) < 4.78 is 4.66. The minimum Gasteiger partial charge on any atom is -0.412 e. The molecule has 1 rings (SSSR count). The highest BCUT2D eigenvalue weighted by Gasteiger charge is 2.46. The molecule has 0 aliphatic carbocycles. The van der Waals surface area contributed by atoms with Crippen molar-refractivity contribution in [2.75, 3.05) is 0 Å². The molecule has 0 spiro atoms. The van der Waals surface area contributed by atoms with Gasteiger partial charge in [0.05, 0.1) is 0 Å². The van der Waals surface area contributed by atoms with Crippen molar-refractivity contribution in [3.05, 3.63) is 0 Å². The number of rotatable bonds is 0. The van der Waals surface area contributed by atoms with E-state index in [1.165, 1.54) is 0 Å². The van der Waals surface area contributed by atoms with Gasteiger partial charge >= 0.3 is 0 Å². The van der Waals surface area contributed by atoms with Crippen LogP contribution < -0.4 is 11.5 Å². The molecular formula is C5H16N2O2. The Kier molecular flexibility index (Phi) is 4.89. The molecule has 4 nitrogen and oxygen atoms in total. The highest BCUT2D eigenvalue weighted by molar-refractivity contribution is 4.87. The van der Waals surface area contributed by atoms with Gasteiger partial charge in [-0.1, -0.05) is 13.8 Å². The van der Waals surface area contributed by atoms with Gasteiger partial charge in [-0.15, -0.1) is 0 Å². The molecule has 1 atom stereocenters. The van der Waals surface area contributed by atoms with Crippen molar-refractivity contribution < 1.29 is 10.2 Å². The van der Waals surface area contributed by atoms with Crippen molar-refractivity contribution in [1.29, 1.82) is 0 Å². The van der Waals surface area contributed by atoms with Crippen molar-refractivity contribution >= 4 is 0 Å². The Bertz CT molecular complexity index is 75.4. The summed E-state index contributed by atoms with van der Waals surface area (Å²) in [5.74, 6) is -0.792. The van der Waals surface area contributed by atoms with Gasteiger partial charge < -0.3 is 10.2 Å². The fraction of sp³-hybridized carbons (Fsp3) is 1.00. The van der Waals surface area contributed by atoms with E-state index in [2.05, 4.69) is 4.74 Å². The lowest BCUT2D eigenvalue weighted by molar-refractivity contribution is 0.307. The molecule has 0 bridgehead atoms. The third-order valence-electron chi connectivity index (χ3n) is 0.959. The summed E-state index contributed by atoms with van der Waals surface area (Å²) in [7, 11) is 0. The second kappa shape index (κ2) is 3.79. The predicted molar refractivity (Wildman–Crippen MR) is 36.6 cm³/mol. The van der Waals surface area contributed by atoms with Gasteiger partial charge in [-0.3, -0.25) is 11.5 Å². The molecule has 0 radical (unpaired) electrons. The molecule has 58 valence electrons. The van der Waals surface area contributed by atoms with Gasteiger partial charge in [-0.2, -0.15) is 0 Å². The molecule has 1 heterocycles. The first kappa shape index (κ1) is 11.6. The first-order valence-electron chi connectivity index (χ1n) is 2.88. The van der Waals surface area contributed by atoms with Crippen LogP contribution in [0.15, 0.2) is 0 Å². The lowest BCUT2D eigenvalue weighted by Crippen LogP contribution is -2.36. The average Bonchev–Trinajstić information content (AvgIpc) is 2.19. The van der Waals surface area contributed by atoms with E-state index in [1.807, 2.05) is 20.8 Å². The van der Waals surface area contributed by atoms with Gasteiger partial charge in [0, 0.05) is 0 Å². The van der Waals surface area contributed by atoms with Gasteiger partial charge in [-0.05, 0) is 6.92 Å². The zero-order valence-corrected chi connectivity index (χ0v) is 6.14. The third-order valence-corrected chi connectivity index (χ3v) is 0.959. The molecule has 0 saturated carbocycles. The molecule has 0 aromatic heterocycles. The summed E-state index contributed by atoms with van der Waals surface area (Å²) in [4.78, 5) is 0. The Hall–Kier alpha value is -0.160. The second-order valence-electron chi connectivity index (χ2n) is 1.61. The van der Waals surface area contributed by atoms with Crippen LogP contribution in [-0.2, 0) is 4.74 Å². The third kappa shape index (κ3) is 3.42. The normalized spacial score (nSPS) is 27.0. The molecule has 9 heavy (non-hydrogen) atoms. The van der Waals surface area contributed by atoms with Gasteiger partial charge in [0.15, 0.2) is 5.85 Å². The molecule has 1 saturated heterocycles. The van der Waals surface area contributed by atoms with Crippen LogP contribution in [0.1, 0.15) is 20.8 Å². The first-order valence-corrected chi connectivity index (χ1v) is 2.88. The van der Waals surface area contributed by atoms with Crippen LogP contribution in [0.5, 0.6) is 0 Å². The Balaban J connectivity index is 0. The van der Waals surface area contributed by atoms with Crippen LogP contribution in [0.3, 0.4) is 0 Å². The Morgan fingerprint density at radius 2 is 1.44 bits per heavy atom. The maximum Gasteiger partial charge on any atom is 0.197 e.